The zero-order chi connectivity index (χ0) is 13.5. The van der Waals surface area contributed by atoms with Crippen molar-refractivity contribution < 1.29 is 19.0 Å². The Morgan fingerprint density at radius 3 is 2.89 bits per heavy atom. The zero-order valence-electron chi connectivity index (χ0n) is 9.56. The minimum Gasteiger partial charge on any atom is -0.515 e. The third-order valence-corrected chi connectivity index (χ3v) is 2.20. The van der Waals surface area contributed by atoms with E-state index in [-0.39, 0.29) is 17.2 Å². The fourth-order valence-corrected chi connectivity index (χ4v) is 1.24. The van der Waals surface area contributed by atoms with Crippen molar-refractivity contribution >= 4 is 29.5 Å². The van der Waals surface area contributed by atoms with Crippen molar-refractivity contribution in [2.75, 3.05) is 6.61 Å². The first kappa shape index (κ1) is 14.2. The SMILES string of the molecule is CCOC(=O)/C(C=Nc1ccc(F)c(Cl)c1)=C/O. The van der Waals surface area contributed by atoms with Crippen molar-refractivity contribution in [1.82, 2.24) is 0 Å². The maximum absolute atomic E-state index is 12.9. The van der Waals surface area contributed by atoms with E-state index < -0.39 is 11.8 Å². The number of esters is 1. The molecule has 0 aliphatic carbocycles. The molecule has 0 aromatic heterocycles. The lowest BCUT2D eigenvalue weighted by Gasteiger charge is -2.00. The van der Waals surface area contributed by atoms with Crippen LogP contribution >= 0.6 is 11.6 Å². The molecule has 4 nitrogen and oxygen atoms in total. The van der Waals surface area contributed by atoms with Gasteiger partial charge in [-0.25, -0.2) is 9.18 Å². The van der Waals surface area contributed by atoms with E-state index in [0.29, 0.717) is 11.9 Å². The molecule has 0 fully saturated rings. The Labute approximate surface area is 108 Å². The van der Waals surface area contributed by atoms with E-state index in [0.717, 1.165) is 12.3 Å². The van der Waals surface area contributed by atoms with Gasteiger partial charge in [0, 0.05) is 6.21 Å². The highest BCUT2D eigenvalue weighted by atomic mass is 35.5. The van der Waals surface area contributed by atoms with E-state index in [4.69, 9.17) is 16.7 Å². The second-order valence-corrected chi connectivity index (χ2v) is 3.57. The summed E-state index contributed by atoms with van der Waals surface area (Å²) in [7, 11) is 0. The van der Waals surface area contributed by atoms with Gasteiger partial charge < -0.3 is 9.84 Å². The van der Waals surface area contributed by atoms with Crippen LogP contribution in [0.5, 0.6) is 0 Å². The average molecular weight is 272 g/mol. The van der Waals surface area contributed by atoms with Gasteiger partial charge in [-0.3, -0.25) is 4.99 Å². The Morgan fingerprint density at radius 1 is 1.61 bits per heavy atom. The molecule has 1 aromatic rings. The van der Waals surface area contributed by atoms with E-state index in [2.05, 4.69) is 9.73 Å². The van der Waals surface area contributed by atoms with Crippen LogP contribution in [0, 0.1) is 5.82 Å². The van der Waals surface area contributed by atoms with Gasteiger partial charge in [0.05, 0.1) is 23.6 Å². The summed E-state index contributed by atoms with van der Waals surface area (Å²) in [6, 6.07) is 3.84. The maximum Gasteiger partial charge on any atom is 0.342 e. The van der Waals surface area contributed by atoms with E-state index in [1.54, 1.807) is 6.92 Å². The normalized spacial score (nSPS) is 11.8. The highest BCUT2D eigenvalue weighted by Gasteiger charge is 2.08. The molecule has 0 spiro atoms. The standard InChI is InChI=1S/C12H11ClFNO3/c1-2-18-12(17)8(7-16)6-15-9-3-4-11(14)10(13)5-9/h3-7,16H,2H2,1H3/b8-7+,15-6?. The van der Waals surface area contributed by atoms with Crippen LogP contribution in [0.3, 0.4) is 0 Å². The second kappa shape index (κ2) is 6.76. The second-order valence-electron chi connectivity index (χ2n) is 3.16. The van der Waals surface area contributed by atoms with Crippen molar-refractivity contribution in [1.29, 1.82) is 0 Å². The zero-order valence-corrected chi connectivity index (χ0v) is 10.3. The van der Waals surface area contributed by atoms with Crippen LogP contribution in [-0.4, -0.2) is 23.9 Å². The van der Waals surface area contributed by atoms with Gasteiger partial charge in [0.15, 0.2) is 0 Å². The maximum atomic E-state index is 12.9. The number of benzene rings is 1. The van der Waals surface area contributed by atoms with Gasteiger partial charge in [-0.2, -0.15) is 0 Å². The lowest BCUT2D eigenvalue weighted by molar-refractivity contribution is -0.137. The third-order valence-electron chi connectivity index (χ3n) is 1.91. The molecule has 1 N–H and O–H groups in total. The van der Waals surface area contributed by atoms with Gasteiger partial charge in [0.1, 0.15) is 11.4 Å². The van der Waals surface area contributed by atoms with Crippen molar-refractivity contribution in [2.45, 2.75) is 6.92 Å². The number of carbonyl (C=O) groups is 1. The summed E-state index contributed by atoms with van der Waals surface area (Å²) in [5.41, 5.74) is 0.238. The molecule has 0 aliphatic heterocycles. The van der Waals surface area contributed by atoms with Gasteiger partial charge in [-0.1, -0.05) is 11.6 Å². The quantitative estimate of drug-likeness (QED) is 0.396. The van der Waals surface area contributed by atoms with Crippen LogP contribution in [0.25, 0.3) is 0 Å². The van der Waals surface area contributed by atoms with Crippen molar-refractivity contribution in [3.8, 4) is 0 Å². The highest BCUT2D eigenvalue weighted by molar-refractivity contribution is 6.31. The Bertz CT molecular complexity index is 500. The molecular weight excluding hydrogens is 261 g/mol. The number of hydrogen-bond donors (Lipinski definition) is 1. The first-order chi connectivity index (χ1) is 8.58. The van der Waals surface area contributed by atoms with E-state index in [9.17, 15) is 9.18 Å². The molecule has 0 amide bonds. The van der Waals surface area contributed by atoms with Gasteiger partial charge in [-0.15, -0.1) is 0 Å². The van der Waals surface area contributed by atoms with E-state index in [1.807, 2.05) is 0 Å². The lowest BCUT2D eigenvalue weighted by Crippen LogP contribution is -2.08. The van der Waals surface area contributed by atoms with Crippen molar-refractivity contribution in [2.24, 2.45) is 4.99 Å². The largest absolute Gasteiger partial charge is 0.515 e. The first-order valence-corrected chi connectivity index (χ1v) is 5.47. The Hall–Kier alpha value is -1.88. The van der Waals surface area contributed by atoms with Gasteiger partial charge in [0.2, 0.25) is 0 Å². The number of carbonyl (C=O) groups excluding carboxylic acids is 1. The van der Waals surface area contributed by atoms with Crippen LogP contribution in [0.4, 0.5) is 10.1 Å². The van der Waals surface area contributed by atoms with Crippen LogP contribution in [0.2, 0.25) is 5.02 Å². The van der Waals surface area contributed by atoms with Crippen LogP contribution < -0.4 is 0 Å². The molecule has 0 atom stereocenters. The summed E-state index contributed by atoms with van der Waals surface area (Å²) in [4.78, 5) is 15.2. The van der Waals surface area contributed by atoms with Gasteiger partial charge >= 0.3 is 5.97 Å². The Kier molecular flexibility index (Phi) is 5.32. The van der Waals surface area contributed by atoms with Gasteiger partial charge in [0.25, 0.3) is 0 Å². The molecule has 18 heavy (non-hydrogen) atoms. The molecule has 0 unspecified atom stereocenters. The van der Waals surface area contributed by atoms with Crippen LogP contribution in [-0.2, 0) is 9.53 Å². The van der Waals surface area contributed by atoms with Crippen LogP contribution in [0.1, 0.15) is 6.92 Å². The topological polar surface area (TPSA) is 58.9 Å². The lowest BCUT2D eigenvalue weighted by atomic mass is 10.3. The van der Waals surface area contributed by atoms with Crippen molar-refractivity contribution in [3.05, 3.63) is 40.9 Å². The molecule has 96 valence electrons. The number of aliphatic hydroxyl groups excluding tert-OH is 1. The first-order valence-electron chi connectivity index (χ1n) is 5.09. The molecule has 1 aromatic carbocycles. The Balaban J connectivity index is 2.84. The third kappa shape index (κ3) is 3.85. The number of nitrogens with zero attached hydrogens (tertiary/aromatic N) is 1. The molecule has 1 rings (SSSR count). The summed E-state index contributed by atoms with van der Waals surface area (Å²) < 4.78 is 17.6. The number of aliphatic imine (C=N–C) groups is 1. The average Bonchev–Trinajstić information content (AvgIpc) is 2.34. The summed E-state index contributed by atoms with van der Waals surface area (Å²) >= 11 is 5.57. The van der Waals surface area contributed by atoms with Crippen LogP contribution in [0.15, 0.2) is 35.0 Å². The minimum absolute atomic E-state index is 0.0738. The fourth-order valence-electron chi connectivity index (χ4n) is 1.06. The number of rotatable bonds is 4. The number of ether oxygens (including phenoxy) is 1. The fraction of sp³-hybridized carbons (Fsp3) is 0.167. The smallest absolute Gasteiger partial charge is 0.342 e. The summed E-state index contributed by atoms with van der Waals surface area (Å²) in [6.45, 7) is 1.83. The highest BCUT2D eigenvalue weighted by Crippen LogP contribution is 2.21. The number of halogens is 2. The Morgan fingerprint density at radius 2 is 2.33 bits per heavy atom. The predicted molar refractivity (Wildman–Crippen MR) is 66.9 cm³/mol. The number of hydrogen-bond acceptors (Lipinski definition) is 4. The molecule has 0 aliphatic rings. The summed E-state index contributed by atoms with van der Waals surface area (Å²) in [5.74, 6) is -1.25. The molecule has 0 bridgehead atoms. The summed E-state index contributed by atoms with van der Waals surface area (Å²) in [6.07, 6.45) is 1.70. The van der Waals surface area contributed by atoms with Crippen molar-refractivity contribution in [3.63, 3.8) is 0 Å². The van der Waals surface area contributed by atoms with Gasteiger partial charge in [-0.05, 0) is 25.1 Å². The van der Waals surface area contributed by atoms with E-state index >= 15 is 0 Å². The molecule has 0 saturated heterocycles. The molecule has 0 saturated carbocycles. The van der Waals surface area contributed by atoms with E-state index in [1.165, 1.54) is 12.1 Å². The monoisotopic (exact) mass is 271 g/mol. The summed E-state index contributed by atoms with van der Waals surface area (Å²) in [5, 5.41) is 8.79. The predicted octanol–water partition coefficient (Wildman–Crippen LogP) is 3.19. The molecule has 6 heteroatoms. The molecule has 0 heterocycles. The minimum atomic E-state index is -0.697. The molecule has 0 radical (unpaired) electrons. The number of aliphatic hydroxyl groups is 1. The molecular formula is C12H11ClFNO3.